The molecule has 0 aliphatic heterocycles. The van der Waals surface area contributed by atoms with Crippen molar-refractivity contribution < 1.29 is 4.79 Å². The summed E-state index contributed by atoms with van der Waals surface area (Å²) in [7, 11) is 4.33. The number of fused-ring (bicyclic) bond motifs is 1. The van der Waals surface area contributed by atoms with E-state index in [4.69, 9.17) is 0 Å². The van der Waals surface area contributed by atoms with Gasteiger partial charge < -0.3 is 10.3 Å². The highest BCUT2D eigenvalue weighted by atomic mass is 16.1. The second kappa shape index (κ2) is 9.11. The minimum Gasteiger partial charge on any atom is -0.361 e. The van der Waals surface area contributed by atoms with Gasteiger partial charge in [0.05, 0.1) is 0 Å². The van der Waals surface area contributed by atoms with Crippen LogP contribution in [0.25, 0.3) is 10.9 Å². The van der Waals surface area contributed by atoms with Crippen LogP contribution in [0.15, 0.2) is 72.4 Å². The molecular weight excluding hydrogens is 382 g/mol. The molecule has 1 aliphatic rings. The van der Waals surface area contributed by atoms with Crippen LogP contribution in [-0.4, -0.2) is 35.9 Å². The Morgan fingerprint density at radius 3 is 2.48 bits per heavy atom. The van der Waals surface area contributed by atoms with Crippen LogP contribution >= 0.6 is 0 Å². The lowest BCUT2D eigenvalue weighted by Gasteiger charge is -2.44. The van der Waals surface area contributed by atoms with E-state index in [0.717, 1.165) is 37.6 Å². The standard InChI is InChI=1S/C27H33N3O/c1-20(17-22-19-28-25-12-8-7-11-24(22)25)29-26(31)18-21-13-15-27(16-14-21,30(2)3)23-9-5-4-6-10-23/h4-12,18-20,28H,13-17H2,1-3H3,(H,29,31). The number of aromatic amines is 1. The number of para-hydroxylation sites is 1. The molecule has 3 aromatic rings. The van der Waals surface area contributed by atoms with Gasteiger partial charge in [-0.3, -0.25) is 9.69 Å². The van der Waals surface area contributed by atoms with Crippen LogP contribution < -0.4 is 5.32 Å². The average Bonchev–Trinajstić information content (AvgIpc) is 3.17. The molecule has 1 atom stereocenters. The van der Waals surface area contributed by atoms with Gasteiger partial charge in [0.1, 0.15) is 0 Å². The average molecular weight is 416 g/mol. The minimum atomic E-state index is 0.0272. The van der Waals surface area contributed by atoms with E-state index in [1.54, 1.807) is 0 Å². The SMILES string of the molecule is CC(Cc1c[nH]c2ccccc12)NC(=O)C=C1CCC(c2ccccc2)(N(C)C)CC1. The summed E-state index contributed by atoms with van der Waals surface area (Å²) in [6.07, 6.45) is 8.70. The van der Waals surface area contributed by atoms with Crippen LogP contribution in [0.3, 0.4) is 0 Å². The summed E-state index contributed by atoms with van der Waals surface area (Å²) < 4.78 is 0. The first-order chi connectivity index (χ1) is 15.0. The maximum absolute atomic E-state index is 12.7. The normalized spacial score (nSPS) is 20.1. The fraction of sp³-hybridized carbons (Fsp3) is 0.370. The molecule has 31 heavy (non-hydrogen) atoms. The van der Waals surface area contributed by atoms with Crippen molar-refractivity contribution in [2.24, 2.45) is 0 Å². The molecule has 0 spiro atoms. The lowest BCUT2D eigenvalue weighted by atomic mass is 9.74. The minimum absolute atomic E-state index is 0.0272. The van der Waals surface area contributed by atoms with Gasteiger partial charge in [-0.15, -0.1) is 0 Å². The third-order valence-electron chi connectivity index (χ3n) is 6.81. The van der Waals surface area contributed by atoms with Gasteiger partial charge in [0.2, 0.25) is 5.91 Å². The molecule has 4 rings (SSSR count). The fourth-order valence-electron chi connectivity index (χ4n) is 5.02. The molecule has 1 fully saturated rings. The molecule has 0 radical (unpaired) electrons. The lowest BCUT2D eigenvalue weighted by molar-refractivity contribution is -0.117. The Kier molecular flexibility index (Phi) is 6.28. The van der Waals surface area contributed by atoms with Gasteiger partial charge in [0.15, 0.2) is 0 Å². The van der Waals surface area contributed by atoms with Crippen LogP contribution in [0.1, 0.15) is 43.7 Å². The molecule has 1 aliphatic carbocycles. The first-order valence-electron chi connectivity index (χ1n) is 11.3. The molecule has 4 heteroatoms. The number of aromatic nitrogens is 1. The van der Waals surface area contributed by atoms with Crippen LogP contribution in [0.5, 0.6) is 0 Å². The Hall–Kier alpha value is -2.85. The summed E-state index contributed by atoms with van der Waals surface area (Å²) in [5.41, 5.74) is 5.06. The second-order valence-corrected chi connectivity index (χ2v) is 9.07. The topological polar surface area (TPSA) is 48.1 Å². The Bertz CT molecular complexity index is 1050. The number of hydrogen-bond donors (Lipinski definition) is 2. The highest BCUT2D eigenvalue weighted by Gasteiger charge is 2.37. The van der Waals surface area contributed by atoms with E-state index in [-0.39, 0.29) is 17.5 Å². The van der Waals surface area contributed by atoms with Gasteiger partial charge in [-0.2, -0.15) is 0 Å². The van der Waals surface area contributed by atoms with E-state index in [1.807, 2.05) is 12.1 Å². The van der Waals surface area contributed by atoms with Crippen molar-refractivity contribution in [3.63, 3.8) is 0 Å². The molecule has 4 nitrogen and oxygen atoms in total. The maximum atomic E-state index is 12.7. The molecular formula is C27H33N3O. The first kappa shape index (κ1) is 21.4. The van der Waals surface area contributed by atoms with Crippen molar-refractivity contribution in [3.8, 4) is 0 Å². The van der Waals surface area contributed by atoms with Crippen molar-refractivity contribution in [2.75, 3.05) is 14.1 Å². The second-order valence-electron chi connectivity index (χ2n) is 9.07. The van der Waals surface area contributed by atoms with Crippen molar-refractivity contribution in [3.05, 3.63) is 83.6 Å². The van der Waals surface area contributed by atoms with Crippen molar-refractivity contribution in [1.29, 1.82) is 0 Å². The number of carbonyl (C=O) groups is 1. The molecule has 2 N–H and O–H groups in total. The highest BCUT2D eigenvalue weighted by Crippen LogP contribution is 2.42. The predicted octanol–water partition coefficient (Wildman–Crippen LogP) is 5.17. The quantitative estimate of drug-likeness (QED) is 0.546. The number of nitrogens with zero attached hydrogens (tertiary/aromatic N) is 1. The number of H-pyrrole nitrogens is 1. The van der Waals surface area contributed by atoms with Crippen LogP contribution in [0, 0.1) is 0 Å². The predicted molar refractivity (Wildman–Crippen MR) is 128 cm³/mol. The maximum Gasteiger partial charge on any atom is 0.244 e. The van der Waals surface area contributed by atoms with Crippen molar-refractivity contribution >= 4 is 16.8 Å². The summed E-state index contributed by atoms with van der Waals surface area (Å²) in [6.45, 7) is 2.07. The van der Waals surface area contributed by atoms with E-state index < -0.39 is 0 Å². The Balaban J connectivity index is 1.37. The summed E-state index contributed by atoms with van der Waals surface area (Å²) in [5.74, 6) is 0.0272. The molecule has 162 valence electrons. The van der Waals surface area contributed by atoms with Gasteiger partial charge >= 0.3 is 0 Å². The first-order valence-corrected chi connectivity index (χ1v) is 11.3. The van der Waals surface area contributed by atoms with Gasteiger partial charge in [-0.1, -0.05) is 54.1 Å². The highest BCUT2D eigenvalue weighted by molar-refractivity contribution is 5.88. The van der Waals surface area contributed by atoms with E-state index in [1.165, 1.54) is 22.1 Å². The molecule has 0 saturated heterocycles. The number of hydrogen-bond acceptors (Lipinski definition) is 2. The van der Waals surface area contributed by atoms with Crippen molar-refractivity contribution in [2.45, 2.75) is 50.6 Å². The van der Waals surface area contributed by atoms with E-state index in [0.29, 0.717) is 0 Å². The molecule has 2 aromatic carbocycles. The van der Waals surface area contributed by atoms with Gasteiger partial charge in [-0.25, -0.2) is 0 Å². The molecule has 1 aromatic heterocycles. The Morgan fingerprint density at radius 1 is 1.10 bits per heavy atom. The molecule has 1 saturated carbocycles. The largest absolute Gasteiger partial charge is 0.361 e. The zero-order valence-corrected chi connectivity index (χ0v) is 18.8. The Morgan fingerprint density at radius 2 is 1.77 bits per heavy atom. The zero-order chi connectivity index (χ0) is 21.8. The van der Waals surface area contributed by atoms with Crippen LogP contribution in [-0.2, 0) is 16.8 Å². The van der Waals surface area contributed by atoms with E-state index in [2.05, 4.69) is 90.9 Å². The smallest absolute Gasteiger partial charge is 0.244 e. The van der Waals surface area contributed by atoms with Crippen LogP contribution in [0.2, 0.25) is 0 Å². The third-order valence-corrected chi connectivity index (χ3v) is 6.81. The van der Waals surface area contributed by atoms with Crippen molar-refractivity contribution in [1.82, 2.24) is 15.2 Å². The summed E-state index contributed by atoms with van der Waals surface area (Å²) >= 11 is 0. The molecule has 1 amide bonds. The number of carbonyl (C=O) groups excluding carboxylic acids is 1. The van der Waals surface area contributed by atoms with Gasteiger partial charge in [0.25, 0.3) is 0 Å². The number of nitrogens with one attached hydrogen (secondary N) is 2. The fourth-order valence-corrected chi connectivity index (χ4v) is 5.02. The van der Waals surface area contributed by atoms with Gasteiger partial charge in [0, 0.05) is 34.8 Å². The van der Waals surface area contributed by atoms with E-state index in [9.17, 15) is 4.79 Å². The summed E-state index contributed by atoms with van der Waals surface area (Å²) in [6, 6.07) is 19.2. The molecule has 0 bridgehead atoms. The van der Waals surface area contributed by atoms with Gasteiger partial charge in [-0.05, 0) is 70.3 Å². The lowest BCUT2D eigenvalue weighted by Crippen LogP contribution is -2.43. The summed E-state index contributed by atoms with van der Waals surface area (Å²) in [5, 5.41) is 4.40. The molecule has 1 heterocycles. The third kappa shape index (κ3) is 4.59. The number of allylic oxidation sites excluding steroid dienone is 1. The monoisotopic (exact) mass is 415 g/mol. The number of rotatable bonds is 6. The summed E-state index contributed by atoms with van der Waals surface area (Å²) in [4.78, 5) is 18.3. The Labute approximate surface area is 185 Å². The zero-order valence-electron chi connectivity index (χ0n) is 18.8. The van der Waals surface area contributed by atoms with Crippen LogP contribution in [0.4, 0.5) is 0 Å². The number of amides is 1. The van der Waals surface area contributed by atoms with E-state index >= 15 is 0 Å². The molecule has 1 unspecified atom stereocenters. The number of benzene rings is 2.